The van der Waals surface area contributed by atoms with E-state index in [1.165, 1.54) is 0 Å². The Morgan fingerprint density at radius 2 is 1.85 bits per heavy atom. The van der Waals surface area contributed by atoms with Gasteiger partial charge in [0.2, 0.25) is 0 Å². The molecule has 1 N–H and O–H groups in total. The number of carbonyl (C=O) groups is 1. The Hall–Kier alpha value is -2.75. The molecule has 1 amide bonds. The van der Waals surface area contributed by atoms with Crippen LogP contribution in [0.5, 0.6) is 0 Å². The molecule has 2 aromatic carbocycles. The summed E-state index contributed by atoms with van der Waals surface area (Å²) in [5, 5.41) is 2.84. The maximum absolute atomic E-state index is 12.2. The molecule has 0 spiro atoms. The molecule has 0 bridgehead atoms. The smallest absolute Gasteiger partial charge is 0.412 e. The second-order valence-electron chi connectivity index (χ2n) is 6.21. The van der Waals surface area contributed by atoms with Crippen LogP contribution in [0.4, 0.5) is 16.2 Å². The molecule has 0 aromatic heterocycles. The first-order valence-electron chi connectivity index (χ1n) is 9.04. The molecule has 1 unspecified atom stereocenters. The summed E-state index contributed by atoms with van der Waals surface area (Å²) in [6.45, 7) is 13.7. The van der Waals surface area contributed by atoms with E-state index >= 15 is 0 Å². The van der Waals surface area contributed by atoms with E-state index in [1.807, 2.05) is 50.2 Å². The fourth-order valence-corrected chi connectivity index (χ4v) is 2.84. The molecule has 0 aliphatic carbocycles. The van der Waals surface area contributed by atoms with Crippen molar-refractivity contribution in [3.63, 3.8) is 0 Å². The Morgan fingerprint density at radius 3 is 2.38 bits per heavy atom. The van der Waals surface area contributed by atoms with E-state index in [0.29, 0.717) is 0 Å². The number of ether oxygens (including phenoxy) is 1. The molecule has 0 heterocycles. The molecule has 2 aromatic rings. The minimum Gasteiger partial charge on any atom is -0.441 e. The number of benzene rings is 2. The van der Waals surface area contributed by atoms with E-state index in [-0.39, 0.29) is 6.10 Å². The highest BCUT2D eigenvalue weighted by Gasteiger charge is 2.13. The summed E-state index contributed by atoms with van der Waals surface area (Å²) in [4.78, 5) is 14.5. The minimum atomic E-state index is -0.455. The number of amides is 1. The molecule has 138 valence electrons. The van der Waals surface area contributed by atoms with Crippen LogP contribution >= 0.6 is 0 Å². The van der Waals surface area contributed by atoms with Gasteiger partial charge < -0.3 is 9.64 Å². The summed E-state index contributed by atoms with van der Waals surface area (Å²) in [5.41, 5.74) is 4.91. The van der Waals surface area contributed by atoms with Crippen LogP contribution in [0.2, 0.25) is 0 Å². The van der Waals surface area contributed by atoms with Crippen molar-refractivity contribution in [1.82, 2.24) is 0 Å². The number of nitrogens with one attached hydrogen (secondary N) is 1. The second-order valence-corrected chi connectivity index (χ2v) is 6.21. The third kappa shape index (κ3) is 4.88. The van der Waals surface area contributed by atoms with Crippen molar-refractivity contribution in [3.8, 4) is 0 Å². The van der Waals surface area contributed by atoms with E-state index < -0.39 is 6.09 Å². The van der Waals surface area contributed by atoms with Crippen molar-refractivity contribution in [2.75, 3.05) is 23.3 Å². The van der Waals surface area contributed by atoms with Crippen molar-refractivity contribution in [2.45, 2.75) is 33.8 Å². The molecule has 26 heavy (non-hydrogen) atoms. The van der Waals surface area contributed by atoms with Gasteiger partial charge in [-0.1, -0.05) is 36.9 Å². The highest BCUT2D eigenvalue weighted by Crippen LogP contribution is 2.24. The van der Waals surface area contributed by atoms with Crippen LogP contribution in [-0.4, -0.2) is 19.2 Å². The number of carbonyl (C=O) groups excluding carboxylic acids is 1. The Morgan fingerprint density at radius 1 is 1.19 bits per heavy atom. The van der Waals surface area contributed by atoms with E-state index in [1.54, 1.807) is 6.08 Å². The standard InChI is InChI=1S/C22H28N2O2/c1-6-18-9-11-19(12-10-18)17(5)26-22(25)23-21-14-13-20(15-16(21)4)24(7-2)8-3/h6,9-15,17H,1,7-8H2,2-5H3,(H,23,25). The normalized spacial score (nSPS) is 11.5. The average molecular weight is 352 g/mol. The molecular weight excluding hydrogens is 324 g/mol. The zero-order valence-electron chi connectivity index (χ0n) is 16.1. The number of anilines is 2. The number of hydrogen-bond acceptors (Lipinski definition) is 3. The van der Waals surface area contributed by atoms with E-state index in [2.05, 4.69) is 36.7 Å². The predicted octanol–water partition coefficient (Wildman–Crippen LogP) is 5.79. The fourth-order valence-electron chi connectivity index (χ4n) is 2.84. The van der Waals surface area contributed by atoms with Crippen LogP contribution in [0.1, 0.15) is 43.6 Å². The van der Waals surface area contributed by atoms with E-state index in [9.17, 15) is 4.79 Å². The zero-order chi connectivity index (χ0) is 19.1. The third-order valence-electron chi connectivity index (χ3n) is 4.50. The van der Waals surface area contributed by atoms with Crippen molar-refractivity contribution >= 4 is 23.5 Å². The van der Waals surface area contributed by atoms with Gasteiger partial charge in [-0.3, -0.25) is 5.32 Å². The van der Waals surface area contributed by atoms with Crippen molar-refractivity contribution in [3.05, 3.63) is 65.7 Å². The second kappa shape index (κ2) is 9.09. The van der Waals surface area contributed by atoms with Gasteiger partial charge in [0.1, 0.15) is 6.10 Å². The van der Waals surface area contributed by atoms with Gasteiger partial charge in [0.25, 0.3) is 0 Å². The molecule has 0 saturated carbocycles. The largest absolute Gasteiger partial charge is 0.441 e. The van der Waals surface area contributed by atoms with Gasteiger partial charge >= 0.3 is 6.09 Å². The average Bonchev–Trinajstić information content (AvgIpc) is 2.65. The van der Waals surface area contributed by atoms with Crippen LogP contribution in [0.3, 0.4) is 0 Å². The molecule has 2 rings (SSSR count). The third-order valence-corrected chi connectivity index (χ3v) is 4.50. The van der Waals surface area contributed by atoms with Crippen LogP contribution in [0.15, 0.2) is 49.0 Å². The highest BCUT2D eigenvalue weighted by molar-refractivity contribution is 5.86. The summed E-state index contributed by atoms with van der Waals surface area (Å²) in [7, 11) is 0. The lowest BCUT2D eigenvalue weighted by atomic mass is 10.1. The Balaban J connectivity index is 2.01. The molecule has 0 radical (unpaired) electrons. The summed E-state index contributed by atoms with van der Waals surface area (Å²) in [6, 6.07) is 13.8. The van der Waals surface area contributed by atoms with Gasteiger partial charge in [0.05, 0.1) is 0 Å². The number of hydrogen-bond donors (Lipinski definition) is 1. The minimum absolute atomic E-state index is 0.330. The van der Waals surface area contributed by atoms with Crippen molar-refractivity contribution < 1.29 is 9.53 Å². The Bertz CT molecular complexity index is 749. The lowest BCUT2D eigenvalue weighted by Crippen LogP contribution is -2.22. The first kappa shape index (κ1) is 19.6. The summed E-state index contributed by atoms with van der Waals surface area (Å²) >= 11 is 0. The van der Waals surface area contributed by atoms with Gasteiger partial charge in [0.15, 0.2) is 0 Å². The van der Waals surface area contributed by atoms with Gasteiger partial charge in [-0.2, -0.15) is 0 Å². The molecule has 0 fully saturated rings. The summed E-state index contributed by atoms with van der Waals surface area (Å²) in [6.07, 6.45) is 1.00. The highest BCUT2D eigenvalue weighted by atomic mass is 16.6. The van der Waals surface area contributed by atoms with Gasteiger partial charge in [0, 0.05) is 24.5 Å². The zero-order valence-corrected chi connectivity index (χ0v) is 16.1. The number of rotatable bonds is 7. The van der Waals surface area contributed by atoms with Crippen LogP contribution in [-0.2, 0) is 4.74 Å². The van der Waals surface area contributed by atoms with Gasteiger partial charge in [-0.25, -0.2) is 4.79 Å². The molecular formula is C22H28N2O2. The fraction of sp³-hybridized carbons (Fsp3) is 0.318. The quantitative estimate of drug-likeness (QED) is 0.685. The number of aryl methyl sites for hydroxylation is 1. The Labute approximate surface area is 156 Å². The first-order valence-corrected chi connectivity index (χ1v) is 9.04. The lowest BCUT2D eigenvalue weighted by Gasteiger charge is -2.22. The van der Waals surface area contributed by atoms with Gasteiger partial charge in [-0.15, -0.1) is 0 Å². The van der Waals surface area contributed by atoms with E-state index in [4.69, 9.17) is 4.74 Å². The molecule has 4 heteroatoms. The molecule has 1 atom stereocenters. The monoisotopic (exact) mass is 352 g/mol. The van der Waals surface area contributed by atoms with Crippen LogP contribution < -0.4 is 10.2 Å². The SMILES string of the molecule is C=Cc1ccc(C(C)OC(=O)Nc2ccc(N(CC)CC)cc2C)cc1. The maximum atomic E-state index is 12.2. The van der Waals surface area contributed by atoms with E-state index in [0.717, 1.165) is 41.2 Å². The van der Waals surface area contributed by atoms with Crippen molar-refractivity contribution in [1.29, 1.82) is 0 Å². The number of nitrogens with zero attached hydrogens (tertiary/aromatic N) is 1. The predicted molar refractivity (Wildman–Crippen MR) is 110 cm³/mol. The Kier molecular flexibility index (Phi) is 6.84. The molecule has 4 nitrogen and oxygen atoms in total. The van der Waals surface area contributed by atoms with Gasteiger partial charge in [-0.05, 0) is 62.6 Å². The van der Waals surface area contributed by atoms with Crippen LogP contribution in [0, 0.1) is 6.92 Å². The maximum Gasteiger partial charge on any atom is 0.412 e. The molecule has 0 aliphatic heterocycles. The molecule has 0 aliphatic rings. The molecule has 0 saturated heterocycles. The van der Waals surface area contributed by atoms with Crippen LogP contribution in [0.25, 0.3) is 6.08 Å². The summed E-state index contributed by atoms with van der Waals surface area (Å²) < 4.78 is 5.50. The summed E-state index contributed by atoms with van der Waals surface area (Å²) in [5.74, 6) is 0. The van der Waals surface area contributed by atoms with Crippen molar-refractivity contribution in [2.24, 2.45) is 0 Å². The lowest BCUT2D eigenvalue weighted by molar-refractivity contribution is 0.121. The topological polar surface area (TPSA) is 41.6 Å². The first-order chi connectivity index (χ1) is 12.5.